The van der Waals surface area contributed by atoms with Crippen LogP contribution in [-0.4, -0.2) is 42.5 Å². The molecule has 3 N–H and O–H groups in total. The summed E-state index contributed by atoms with van der Waals surface area (Å²) in [6.45, 7) is 3.19. The van der Waals surface area contributed by atoms with Gasteiger partial charge >= 0.3 is 11.8 Å². The van der Waals surface area contributed by atoms with Crippen LogP contribution in [0.1, 0.15) is 6.92 Å². The van der Waals surface area contributed by atoms with Gasteiger partial charge in [-0.2, -0.15) is 0 Å². The Morgan fingerprint density at radius 1 is 1.62 bits per heavy atom. The smallest absolute Gasteiger partial charge is 0.323 e. The molecule has 0 spiro atoms. The predicted molar refractivity (Wildman–Crippen MR) is 44.3 cm³/mol. The van der Waals surface area contributed by atoms with Gasteiger partial charge in [-0.25, -0.2) is 5.84 Å². The molecule has 0 aliphatic carbocycles. The lowest BCUT2D eigenvalue weighted by Gasteiger charge is -2.30. The lowest BCUT2D eigenvalue weighted by molar-refractivity contribution is -0.150. The Kier molecular flexibility index (Phi) is 3.21. The van der Waals surface area contributed by atoms with Crippen molar-refractivity contribution in [2.45, 2.75) is 13.0 Å². The van der Waals surface area contributed by atoms with E-state index in [9.17, 15) is 9.59 Å². The van der Waals surface area contributed by atoms with Gasteiger partial charge in [-0.15, -0.1) is 0 Å². The van der Waals surface area contributed by atoms with Crippen LogP contribution >= 0.6 is 0 Å². The standard InChI is InChI=1S/C7H13N3O3/c1-5-4-10(2-3-13-5)7(12)6(11)9-8/h5H,2-4,8H2,1H3,(H,9,11). The molecule has 74 valence electrons. The van der Waals surface area contributed by atoms with Gasteiger partial charge in [-0.3, -0.25) is 15.0 Å². The highest BCUT2D eigenvalue weighted by molar-refractivity contribution is 6.34. The van der Waals surface area contributed by atoms with Crippen molar-refractivity contribution in [1.29, 1.82) is 0 Å². The molecule has 1 aliphatic heterocycles. The summed E-state index contributed by atoms with van der Waals surface area (Å²) in [5.74, 6) is 3.45. The molecule has 1 rings (SSSR count). The molecule has 13 heavy (non-hydrogen) atoms. The Morgan fingerprint density at radius 3 is 2.85 bits per heavy atom. The normalized spacial score (nSPS) is 22.6. The molecule has 0 radical (unpaired) electrons. The predicted octanol–water partition coefficient (Wildman–Crippen LogP) is -1.78. The minimum atomic E-state index is -0.783. The monoisotopic (exact) mass is 187 g/mol. The van der Waals surface area contributed by atoms with Crippen molar-refractivity contribution < 1.29 is 14.3 Å². The number of amides is 2. The average Bonchev–Trinajstić information content (AvgIpc) is 2.15. The third-order valence-corrected chi connectivity index (χ3v) is 1.85. The van der Waals surface area contributed by atoms with Crippen LogP contribution in [0.4, 0.5) is 0 Å². The zero-order valence-corrected chi connectivity index (χ0v) is 7.45. The average molecular weight is 187 g/mol. The lowest BCUT2D eigenvalue weighted by Crippen LogP contribution is -2.51. The number of hydrogen-bond donors (Lipinski definition) is 2. The number of ether oxygens (including phenoxy) is 1. The molecule has 6 nitrogen and oxygen atoms in total. The van der Waals surface area contributed by atoms with Gasteiger partial charge in [0.05, 0.1) is 12.7 Å². The number of nitrogens with two attached hydrogens (primary N) is 1. The largest absolute Gasteiger partial charge is 0.375 e. The first kappa shape index (κ1) is 9.94. The van der Waals surface area contributed by atoms with Gasteiger partial charge in [0.25, 0.3) is 0 Å². The maximum absolute atomic E-state index is 11.3. The number of nitrogens with zero attached hydrogens (tertiary/aromatic N) is 1. The van der Waals surface area contributed by atoms with Gasteiger partial charge in [0.2, 0.25) is 0 Å². The quantitative estimate of drug-likeness (QED) is 0.203. The fraction of sp³-hybridized carbons (Fsp3) is 0.714. The number of hydrazine groups is 1. The minimum absolute atomic E-state index is 0.0247. The molecule has 1 heterocycles. The van der Waals surface area contributed by atoms with Crippen LogP contribution in [-0.2, 0) is 14.3 Å². The topological polar surface area (TPSA) is 84.7 Å². The fourth-order valence-electron chi connectivity index (χ4n) is 1.21. The van der Waals surface area contributed by atoms with E-state index in [0.29, 0.717) is 19.7 Å². The number of carbonyl (C=O) groups is 2. The van der Waals surface area contributed by atoms with Crippen molar-refractivity contribution in [3.05, 3.63) is 0 Å². The maximum atomic E-state index is 11.3. The van der Waals surface area contributed by atoms with Crippen molar-refractivity contribution in [2.24, 2.45) is 5.84 Å². The van der Waals surface area contributed by atoms with Crippen molar-refractivity contribution >= 4 is 11.8 Å². The first-order valence-corrected chi connectivity index (χ1v) is 4.06. The SMILES string of the molecule is CC1CN(C(=O)C(=O)NN)CCO1. The van der Waals surface area contributed by atoms with Gasteiger partial charge in [0, 0.05) is 13.1 Å². The number of hydrogen-bond acceptors (Lipinski definition) is 4. The Labute approximate surface area is 76.0 Å². The summed E-state index contributed by atoms with van der Waals surface area (Å²) in [6, 6.07) is 0. The summed E-state index contributed by atoms with van der Waals surface area (Å²) in [4.78, 5) is 23.5. The summed E-state index contributed by atoms with van der Waals surface area (Å²) in [6.07, 6.45) is -0.0247. The Hall–Kier alpha value is -1.14. The molecular weight excluding hydrogens is 174 g/mol. The molecular formula is C7H13N3O3. The van der Waals surface area contributed by atoms with E-state index in [4.69, 9.17) is 10.6 Å². The molecule has 1 unspecified atom stereocenters. The van der Waals surface area contributed by atoms with Crippen molar-refractivity contribution in [1.82, 2.24) is 10.3 Å². The fourth-order valence-corrected chi connectivity index (χ4v) is 1.21. The van der Waals surface area contributed by atoms with Crippen molar-refractivity contribution in [2.75, 3.05) is 19.7 Å². The number of rotatable bonds is 0. The zero-order valence-electron chi connectivity index (χ0n) is 7.45. The molecule has 0 aromatic heterocycles. The van der Waals surface area contributed by atoms with Gasteiger partial charge in [0.15, 0.2) is 0 Å². The molecule has 0 saturated carbocycles. The Bertz CT molecular complexity index is 219. The summed E-state index contributed by atoms with van der Waals surface area (Å²) >= 11 is 0. The third-order valence-electron chi connectivity index (χ3n) is 1.85. The second kappa shape index (κ2) is 4.20. The Morgan fingerprint density at radius 2 is 2.31 bits per heavy atom. The van der Waals surface area contributed by atoms with E-state index in [1.807, 2.05) is 6.92 Å². The molecule has 1 saturated heterocycles. The molecule has 1 aliphatic rings. The Balaban J connectivity index is 2.51. The second-order valence-electron chi connectivity index (χ2n) is 2.91. The number of carbonyl (C=O) groups excluding carboxylic acids is 2. The van der Waals surface area contributed by atoms with Crippen molar-refractivity contribution in [3.63, 3.8) is 0 Å². The zero-order chi connectivity index (χ0) is 9.84. The molecule has 1 fully saturated rings. The van der Waals surface area contributed by atoms with E-state index in [2.05, 4.69) is 0 Å². The number of nitrogens with one attached hydrogen (secondary N) is 1. The first-order valence-electron chi connectivity index (χ1n) is 4.06. The lowest BCUT2D eigenvalue weighted by atomic mass is 10.3. The van der Waals surface area contributed by atoms with Crippen LogP contribution in [0.3, 0.4) is 0 Å². The van der Waals surface area contributed by atoms with Crippen LogP contribution < -0.4 is 11.3 Å². The minimum Gasteiger partial charge on any atom is -0.375 e. The highest BCUT2D eigenvalue weighted by Gasteiger charge is 2.25. The van der Waals surface area contributed by atoms with E-state index >= 15 is 0 Å². The van der Waals surface area contributed by atoms with E-state index in [1.165, 1.54) is 4.90 Å². The van der Waals surface area contributed by atoms with E-state index in [1.54, 1.807) is 5.43 Å². The van der Waals surface area contributed by atoms with Gasteiger partial charge in [-0.05, 0) is 6.92 Å². The van der Waals surface area contributed by atoms with E-state index in [0.717, 1.165) is 0 Å². The highest BCUT2D eigenvalue weighted by Crippen LogP contribution is 2.03. The van der Waals surface area contributed by atoms with Crippen LogP contribution in [0.5, 0.6) is 0 Å². The summed E-state index contributed by atoms with van der Waals surface area (Å²) < 4.78 is 5.21. The summed E-state index contributed by atoms with van der Waals surface area (Å²) in [7, 11) is 0. The molecule has 0 aromatic carbocycles. The highest BCUT2D eigenvalue weighted by atomic mass is 16.5. The van der Waals surface area contributed by atoms with Crippen molar-refractivity contribution in [3.8, 4) is 0 Å². The van der Waals surface area contributed by atoms with Crippen LogP contribution in [0, 0.1) is 0 Å². The molecule has 0 bridgehead atoms. The molecule has 6 heteroatoms. The second-order valence-corrected chi connectivity index (χ2v) is 2.91. The van der Waals surface area contributed by atoms with Gasteiger partial charge in [0.1, 0.15) is 0 Å². The van der Waals surface area contributed by atoms with E-state index < -0.39 is 11.8 Å². The molecule has 0 aromatic rings. The van der Waals surface area contributed by atoms with Crippen LogP contribution in [0.15, 0.2) is 0 Å². The van der Waals surface area contributed by atoms with Gasteiger partial charge < -0.3 is 9.64 Å². The maximum Gasteiger partial charge on any atom is 0.323 e. The third kappa shape index (κ3) is 2.40. The van der Waals surface area contributed by atoms with Crippen LogP contribution in [0.25, 0.3) is 0 Å². The van der Waals surface area contributed by atoms with Crippen LogP contribution in [0.2, 0.25) is 0 Å². The molecule has 2 amide bonds. The first-order chi connectivity index (χ1) is 6.15. The summed E-state index contributed by atoms with van der Waals surface area (Å²) in [5.41, 5.74) is 1.81. The van der Waals surface area contributed by atoms with E-state index in [-0.39, 0.29) is 6.10 Å². The van der Waals surface area contributed by atoms with Gasteiger partial charge in [-0.1, -0.05) is 0 Å². The number of morpholine rings is 1. The molecule has 1 atom stereocenters. The summed E-state index contributed by atoms with van der Waals surface area (Å²) in [5, 5.41) is 0.